The molecule has 2 atom stereocenters. The minimum atomic E-state index is 0.0574. The molecule has 1 aliphatic rings. The Labute approximate surface area is 95.4 Å². The molecule has 2 heterocycles. The molecular weight excluding hydrogens is 204 g/mol. The molecule has 0 bridgehead atoms. The molecule has 2 unspecified atom stereocenters. The van der Waals surface area contributed by atoms with Crippen molar-refractivity contribution in [3.8, 4) is 0 Å². The van der Waals surface area contributed by atoms with Gasteiger partial charge in [0, 0.05) is 18.7 Å². The first kappa shape index (κ1) is 11.4. The van der Waals surface area contributed by atoms with Gasteiger partial charge in [0.25, 0.3) is 0 Å². The lowest BCUT2D eigenvalue weighted by Crippen LogP contribution is -2.37. The van der Waals surface area contributed by atoms with Gasteiger partial charge in [-0.25, -0.2) is 9.97 Å². The smallest absolute Gasteiger partial charge is 0.125 e. The quantitative estimate of drug-likeness (QED) is 0.582. The van der Waals surface area contributed by atoms with Crippen LogP contribution in [0.4, 0.5) is 0 Å². The van der Waals surface area contributed by atoms with Crippen LogP contribution in [0.2, 0.25) is 0 Å². The van der Waals surface area contributed by atoms with E-state index in [-0.39, 0.29) is 6.04 Å². The third kappa shape index (κ3) is 2.55. The number of ether oxygens (including phenoxy) is 1. The van der Waals surface area contributed by atoms with Crippen molar-refractivity contribution in [1.82, 2.24) is 15.4 Å². The van der Waals surface area contributed by atoms with Gasteiger partial charge in [0.1, 0.15) is 5.82 Å². The SMILES string of the molecule is Cc1nccc(C(NN)C2CCCOC2)n1. The van der Waals surface area contributed by atoms with Gasteiger partial charge in [-0.3, -0.25) is 11.3 Å². The van der Waals surface area contributed by atoms with Crippen LogP contribution in [0.5, 0.6) is 0 Å². The van der Waals surface area contributed by atoms with Crippen molar-refractivity contribution in [2.24, 2.45) is 11.8 Å². The number of hydrogen-bond acceptors (Lipinski definition) is 5. The third-order valence-corrected chi connectivity index (χ3v) is 2.96. The highest BCUT2D eigenvalue weighted by molar-refractivity contribution is 5.08. The molecule has 1 aliphatic heterocycles. The summed E-state index contributed by atoms with van der Waals surface area (Å²) in [6, 6.07) is 1.97. The molecular formula is C11H18N4O. The number of aryl methyl sites for hydroxylation is 1. The van der Waals surface area contributed by atoms with Crippen molar-refractivity contribution in [3.63, 3.8) is 0 Å². The van der Waals surface area contributed by atoms with E-state index < -0.39 is 0 Å². The summed E-state index contributed by atoms with van der Waals surface area (Å²) in [7, 11) is 0. The van der Waals surface area contributed by atoms with Crippen LogP contribution >= 0.6 is 0 Å². The molecule has 0 amide bonds. The Hall–Kier alpha value is -1.04. The summed E-state index contributed by atoms with van der Waals surface area (Å²) in [5.74, 6) is 6.79. The normalized spacial score (nSPS) is 23.0. The van der Waals surface area contributed by atoms with E-state index in [1.807, 2.05) is 13.0 Å². The third-order valence-electron chi connectivity index (χ3n) is 2.96. The molecule has 2 rings (SSSR count). The van der Waals surface area contributed by atoms with Crippen molar-refractivity contribution < 1.29 is 4.74 Å². The number of rotatable bonds is 3. The van der Waals surface area contributed by atoms with Crippen LogP contribution in [0.3, 0.4) is 0 Å². The maximum Gasteiger partial charge on any atom is 0.125 e. The van der Waals surface area contributed by atoms with Crippen molar-refractivity contribution in [3.05, 3.63) is 23.8 Å². The van der Waals surface area contributed by atoms with Gasteiger partial charge < -0.3 is 4.74 Å². The first-order valence-corrected chi connectivity index (χ1v) is 5.64. The number of hydrogen-bond donors (Lipinski definition) is 2. The van der Waals surface area contributed by atoms with Gasteiger partial charge >= 0.3 is 0 Å². The van der Waals surface area contributed by atoms with Gasteiger partial charge in [-0.2, -0.15) is 0 Å². The molecule has 3 N–H and O–H groups in total. The van der Waals surface area contributed by atoms with Gasteiger partial charge in [0.15, 0.2) is 0 Å². The Balaban J connectivity index is 2.14. The van der Waals surface area contributed by atoms with Crippen molar-refractivity contribution in [2.45, 2.75) is 25.8 Å². The van der Waals surface area contributed by atoms with Gasteiger partial charge in [0.2, 0.25) is 0 Å². The summed E-state index contributed by atoms with van der Waals surface area (Å²) in [4.78, 5) is 8.50. The predicted molar refractivity (Wildman–Crippen MR) is 60.4 cm³/mol. The minimum Gasteiger partial charge on any atom is -0.381 e. The summed E-state index contributed by atoms with van der Waals surface area (Å²) in [6.45, 7) is 3.49. The van der Waals surface area contributed by atoms with E-state index in [9.17, 15) is 0 Å². The Morgan fingerprint density at radius 2 is 2.50 bits per heavy atom. The predicted octanol–water partition coefficient (Wildman–Crippen LogP) is 0.716. The highest BCUT2D eigenvalue weighted by Crippen LogP contribution is 2.26. The van der Waals surface area contributed by atoms with Crippen molar-refractivity contribution in [2.75, 3.05) is 13.2 Å². The van der Waals surface area contributed by atoms with Crippen molar-refractivity contribution in [1.29, 1.82) is 0 Å². The van der Waals surface area contributed by atoms with E-state index in [0.29, 0.717) is 5.92 Å². The average Bonchev–Trinajstić information content (AvgIpc) is 2.31. The maximum atomic E-state index is 5.62. The van der Waals surface area contributed by atoms with Crippen LogP contribution in [0.25, 0.3) is 0 Å². The molecule has 0 spiro atoms. The zero-order valence-electron chi connectivity index (χ0n) is 9.52. The number of nitrogens with zero attached hydrogens (tertiary/aromatic N) is 2. The van der Waals surface area contributed by atoms with E-state index in [0.717, 1.165) is 37.6 Å². The highest BCUT2D eigenvalue weighted by atomic mass is 16.5. The number of hydrazine groups is 1. The minimum absolute atomic E-state index is 0.0574. The number of aromatic nitrogens is 2. The van der Waals surface area contributed by atoms with Crippen molar-refractivity contribution >= 4 is 0 Å². The van der Waals surface area contributed by atoms with E-state index in [1.165, 1.54) is 0 Å². The van der Waals surface area contributed by atoms with Gasteiger partial charge in [0.05, 0.1) is 18.3 Å². The molecule has 1 saturated heterocycles. The van der Waals surface area contributed by atoms with Crippen LogP contribution in [-0.2, 0) is 4.74 Å². The molecule has 5 heteroatoms. The number of nitrogens with two attached hydrogens (primary N) is 1. The largest absolute Gasteiger partial charge is 0.381 e. The first-order chi connectivity index (χ1) is 7.81. The summed E-state index contributed by atoms with van der Waals surface area (Å²) < 4.78 is 5.48. The molecule has 1 fully saturated rings. The fourth-order valence-corrected chi connectivity index (χ4v) is 2.14. The average molecular weight is 222 g/mol. The maximum absolute atomic E-state index is 5.62. The van der Waals surface area contributed by atoms with Gasteiger partial charge in [-0.15, -0.1) is 0 Å². The Morgan fingerprint density at radius 1 is 1.62 bits per heavy atom. The van der Waals surface area contributed by atoms with Crippen LogP contribution in [0, 0.1) is 12.8 Å². The van der Waals surface area contributed by atoms with E-state index in [1.54, 1.807) is 6.20 Å². The lowest BCUT2D eigenvalue weighted by atomic mass is 9.92. The Morgan fingerprint density at radius 3 is 3.12 bits per heavy atom. The second kappa shape index (κ2) is 5.34. The molecule has 88 valence electrons. The van der Waals surface area contributed by atoms with E-state index in [2.05, 4.69) is 15.4 Å². The molecule has 1 aromatic heterocycles. The first-order valence-electron chi connectivity index (χ1n) is 5.64. The molecule has 0 saturated carbocycles. The molecule has 1 aromatic rings. The second-order valence-corrected chi connectivity index (χ2v) is 4.15. The second-order valence-electron chi connectivity index (χ2n) is 4.15. The van der Waals surface area contributed by atoms with Gasteiger partial charge in [-0.05, 0) is 25.8 Å². The number of nitrogens with one attached hydrogen (secondary N) is 1. The monoisotopic (exact) mass is 222 g/mol. The van der Waals surface area contributed by atoms with Crippen LogP contribution < -0.4 is 11.3 Å². The lowest BCUT2D eigenvalue weighted by molar-refractivity contribution is 0.0383. The fraction of sp³-hybridized carbons (Fsp3) is 0.636. The summed E-state index contributed by atoms with van der Waals surface area (Å²) in [6.07, 6.45) is 3.98. The Bertz CT molecular complexity index is 339. The fourth-order valence-electron chi connectivity index (χ4n) is 2.14. The molecule has 0 aliphatic carbocycles. The molecule has 16 heavy (non-hydrogen) atoms. The van der Waals surface area contributed by atoms with E-state index in [4.69, 9.17) is 10.6 Å². The molecule has 0 aromatic carbocycles. The van der Waals surface area contributed by atoms with E-state index >= 15 is 0 Å². The molecule has 0 radical (unpaired) electrons. The zero-order valence-corrected chi connectivity index (χ0v) is 9.52. The van der Waals surface area contributed by atoms with Crippen LogP contribution in [0.15, 0.2) is 12.3 Å². The topological polar surface area (TPSA) is 73.1 Å². The summed E-state index contributed by atoms with van der Waals surface area (Å²) in [5, 5.41) is 0. The zero-order chi connectivity index (χ0) is 11.4. The Kier molecular flexibility index (Phi) is 3.82. The van der Waals surface area contributed by atoms with Crippen LogP contribution in [-0.4, -0.2) is 23.2 Å². The summed E-state index contributed by atoms with van der Waals surface area (Å²) in [5.41, 5.74) is 3.79. The molecule has 5 nitrogen and oxygen atoms in total. The highest BCUT2D eigenvalue weighted by Gasteiger charge is 2.25. The standard InChI is InChI=1S/C11H18N4O/c1-8-13-5-4-10(14-8)11(15-12)9-3-2-6-16-7-9/h4-5,9,11,15H,2-3,6-7,12H2,1H3. The summed E-state index contributed by atoms with van der Waals surface area (Å²) >= 11 is 0. The van der Waals surface area contributed by atoms with Gasteiger partial charge in [-0.1, -0.05) is 0 Å². The lowest BCUT2D eigenvalue weighted by Gasteiger charge is -2.29. The van der Waals surface area contributed by atoms with Crippen LogP contribution in [0.1, 0.15) is 30.4 Å².